The van der Waals surface area contributed by atoms with Gasteiger partial charge in [-0.3, -0.25) is 4.79 Å². The normalized spacial score (nSPS) is 20.1. The van der Waals surface area contributed by atoms with Crippen LogP contribution in [0.2, 0.25) is 0 Å². The van der Waals surface area contributed by atoms with Crippen molar-refractivity contribution in [1.29, 1.82) is 0 Å². The van der Waals surface area contributed by atoms with Crippen molar-refractivity contribution >= 4 is 15.9 Å². The highest BCUT2D eigenvalue weighted by molar-refractivity contribution is 7.89. The average molecular weight is 297 g/mol. The first kappa shape index (κ1) is 15.0. The first-order valence-electron chi connectivity index (χ1n) is 6.53. The summed E-state index contributed by atoms with van der Waals surface area (Å²) in [5.41, 5.74) is 5.40. The van der Waals surface area contributed by atoms with Gasteiger partial charge in [0.25, 0.3) is 0 Å². The second-order valence-corrected chi connectivity index (χ2v) is 6.75. The number of nitrogens with zero attached hydrogens (tertiary/aromatic N) is 1. The minimum atomic E-state index is -3.58. The molecule has 1 aliphatic rings. The van der Waals surface area contributed by atoms with Gasteiger partial charge in [-0.15, -0.1) is 0 Å². The maximum Gasteiger partial charge on any atom is 0.248 e. The summed E-state index contributed by atoms with van der Waals surface area (Å²) < 4.78 is 26.8. The Labute approximate surface area is 119 Å². The molecule has 0 aromatic heterocycles. The van der Waals surface area contributed by atoms with E-state index >= 15 is 0 Å². The third kappa shape index (κ3) is 2.84. The van der Waals surface area contributed by atoms with Crippen LogP contribution in [0.15, 0.2) is 29.2 Å². The quantitative estimate of drug-likeness (QED) is 0.809. The maximum absolute atomic E-state index is 12.6. The van der Waals surface area contributed by atoms with E-state index in [1.807, 2.05) is 0 Å². The van der Waals surface area contributed by atoms with E-state index in [9.17, 15) is 13.2 Å². The van der Waals surface area contributed by atoms with E-state index in [-0.39, 0.29) is 16.5 Å². The van der Waals surface area contributed by atoms with E-state index in [0.717, 1.165) is 12.8 Å². The lowest BCUT2D eigenvalue weighted by Crippen LogP contribution is -2.40. The van der Waals surface area contributed by atoms with Crippen LogP contribution in [0.1, 0.15) is 23.2 Å². The summed E-state index contributed by atoms with van der Waals surface area (Å²) in [5.74, 6) is -0.629. The summed E-state index contributed by atoms with van der Waals surface area (Å²) in [6, 6.07) is 5.84. The van der Waals surface area contributed by atoms with Gasteiger partial charge < -0.3 is 11.1 Å². The number of likely N-dealkylation sites (N-methyl/N-ethyl adjacent to an activating group) is 1. The fourth-order valence-corrected chi connectivity index (χ4v) is 4.25. The van der Waals surface area contributed by atoms with Gasteiger partial charge in [0, 0.05) is 24.7 Å². The molecule has 1 aromatic rings. The van der Waals surface area contributed by atoms with Crippen LogP contribution in [0.3, 0.4) is 0 Å². The van der Waals surface area contributed by atoms with Crippen LogP contribution in [-0.2, 0) is 10.0 Å². The Morgan fingerprint density at radius 1 is 1.50 bits per heavy atom. The van der Waals surface area contributed by atoms with Gasteiger partial charge in [-0.05, 0) is 38.1 Å². The monoisotopic (exact) mass is 297 g/mol. The Kier molecular flexibility index (Phi) is 4.42. The lowest BCUT2D eigenvalue weighted by atomic mass is 10.2. The molecule has 0 unspecified atom stereocenters. The first-order valence-corrected chi connectivity index (χ1v) is 7.97. The molecule has 20 heavy (non-hydrogen) atoms. The smallest absolute Gasteiger partial charge is 0.248 e. The van der Waals surface area contributed by atoms with Crippen molar-refractivity contribution in [2.75, 3.05) is 20.1 Å². The number of carbonyl (C=O) groups excluding carboxylic acids is 1. The summed E-state index contributed by atoms with van der Waals surface area (Å²) in [6.07, 6.45) is 1.69. The van der Waals surface area contributed by atoms with Gasteiger partial charge >= 0.3 is 0 Å². The zero-order valence-electron chi connectivity index (χ0n) is 11.4. The molecule has 0 radical (unpaired) electrons. The van der Waals surface area contributed by atoms with Gasteiger partial charge in [-0.2, -0.15) is 4.31 Å². The largest absolute Gasteiger partial charge is 0.366 e. The highest BCUT2D eigenvalue weighted by atomic mass is 32.2. The molecular formula is C13H19N3O3S. The number of hydrogen-bond donors (Lipinski definition) is 2. The van der Waals surface area contributed by atoms with E-state index in [1.54, 1.807) is 7.05 Å². The molecule has 1 amide bonds. The molecule has 3 N–H and O–H groups in total. The van der Waals surface area contributed by atoms with Crippen LogP contribution in [0, 0.1) is 0 Å². The second-order valence-electron chi connectivity index (χ2n) is 4.86. The van der Waals surface area contributed by atoms with Gasteiger partial charge in [0.2, 0.25) is 15.9 Å². The van der Waals surface area contributed by atoms with Crippen LogP contribution in [0.5, 0.6) is 0 Å². The third-order valence-corrected chi connectivity index (χ3v) is 5.44. The molecule has 1 aliphatic heterocycles. The van der Waals surface area contributed by atoms with Crippen LogP contribution in [0.4, 0.5) is 0 Å². The summed E-state index contributed by atoms with van der Waals surface area (Å²) in [6.45, 7) is 1.13. The van der Waals surface area contributed by atoms with Crippen molar-refractivity contribution in [3.05, 3.63) is 29.8 Å². The van der Waals surface area contributed by atoms with E-state index in [0.29, 0.717) is 13.1 Å². The van der Waals surface area contributed by atoms with Crippen LogP contribution < -0.4 is 11.1 Å². The molecule has 1 fully saturated rings. The van der Waals surface area contributed by atoms with E-state index in [1.165, 1.54) is 28.6 Å². The lowest BCUT2D eigenvalue weighted by Gasteiger charge is -2.24. The summed E-state index contributed by atoms with van der Waals surface area (Å²) in [5, 5.41) is 3.01. The number of amides is 1. The molecule has 110 valence electrons. The molecule has 2 rings (SSSR count). The topological polar surface area (TPSA) is 92.5 Å². The summed E-state index contributed by atoms with van der Waals surface area (Å²) >= 11 is 0. The van der Waals surface area contributed by atoms with Crippen molar-refractivity contribution in [2.45, 2.75) is 23.8 Å². The van der Waals surface area contributed by atoms with Gasteiger partial charge in [0.1, 0.15) is 0 Å². The predicted octanol–water partition coefficient (Wildman–Crippen LogP) is 0.158. The van der Waals surface area contributed by atoms with E-state index in [2.05, 4.69) is 5.32 Å². The number of primary amides is 1. The lowest BCUT2D eigenvalue weighted by molar-refractivity contribution is 0.1000. The Morgan fingerprint density at radius 2 is 2.25 bits per heavy atom. The van der Waals surface area contributed by atoms with Crippen LogP contribution in [-0.4, -0.2) is 44.8 Å². The molecule has 0 aliphatic carbocycles. The molecule has 1 atom stereocenters. The average Bonchev–Trinajstić information content (AvgIpc) is 2.88. The molecule has 0 bridgehead atoms. The van der Waals surface area contributed by atoms with Crippen LogP contribution >= 0.6 is 0 Å². The fourth-order valence-electron chi connectivity index (χ4n) is 2.51. The molecule has 1 saturated heterocycles. The zero-order chi connectivity index (χ0) is 14.8. The Morgan fingerprint density at radius 3 is 2.90 bits per heavy atom. The Bertz CT molecular complexity index is 601. The predicted molar refractivity (Wildman–Crippen MR) is 75.8 cm³/mol. The number of carbonyl (C=O) groups is 1. The van der Waals surface area contributed by atoms with Gasteiger partial charge in [0.05, 0.1) is 4.90 Å². The number of hydrogen-bond acceptors (Lipinski definition) is 4. The molecule has 0 saturated carbocycles. The van der Waals surface area contributed by atoms with Gasteiger partial charge in [0.15, 0.2) is 0 Å². The molecule has 1 heterocycles. The third-order valence-electron chi connectivity index (χ3n) is 3.49. The standard InChI is InChI=1S/C13H19N3O3S/c1-15-9-11-5-3-7-16(11)20(18,19)12-6-2-4-10(8-12)13(14)17/h2,4,6,8,11,15H,3,5,7,9H2,1H3,(H2,14,17)/t11-/m0/s1. The number of nitrogens with two attached hydrogens (primary N) is 1. The number of sulfonamides is 1. The maximum atomic E-state index is 12.6. The van der Waals surface area contributed by atoms with Crippen molar-refractivity contribution in [1.82, 2.24) is 9.62 Å². The molecule has 6 nitrogen and oxygen atoms in total. The first-order chi connectivity index (χ1) is 9.46. The zero-order valence-corrected chi connectivity index (χ0v) is 12.2. The van der Waals surface area contributed by atoms with E-state index in [4.69, 9.17) is 5.73 Å². The molecule has 1 aromatic carbocycles. The molecule has 7 heteroatoms. The SMILES string of the molecule is CNC[C@@H]1CCCN1S(=O)(=O)c1cccc(C(N)=O)c1. The number of benzene rings is 1. The van der Waals surface area contributed by atoms with Crippen LogP contribution in [0.25, 0.3) is 0 Å². The molecular weight excluding hydrogens is 278 g/mol. The van der Waals surface area contributed by atoms with Gasteiger partial charge in [-0.1, -0.05) is 6.07 Å². The summed E-state index contributed by atoms with van der Waals surface area (Å²) in [4.78, 5) is 11.3. The minimum Gasteiger partial charge on any atom is -0.366 e. The summed E-state index contributed by atoms with van der Waals surface area (Å²) in [7, 11) is -1.78. The highest BCUT2D eigenvalue weighted by Gasteiger charge is 2.34. The molecule has 0 spiro atoms. The van der Waals surface area contributed by atoms with Crippen molar-refractivity contribution in [3.8, 4) is 0 Å². The van der Waals surface area contributed by atoms with Gasteiger partial charge in [-0.25, -0.2) is 8.42 Å². The van der Waals surface area contributed by atoms with E-state index < -0.39 is 15.9 Å². The number of rotatable bonds is 5. The fraction of sp³-hybridized carbons (Fsp3) is 0.462. The second kappa shape index (κ2) is 5.90. The highest BCUT2D eigenvalue weighted by Crippen LogP contribution is 2.26. The van der Waals surface area contributed by atoms with Crippen molar-refractivity contribution in [3.63, 3.8) is 0 Å². The number of nitrogens with one attached hydrogen (secondary N) is 1. The minimum absolute atomic E-state index is 0.0396. The Hall–Kier alpha value is -1.44. The van der Waals surface area contributed by atoms with Crippen molar-refractivity contribution < 1.29 is 13.2 Å². The Balaban J connectivity index is 2.34. The van der Waals surface area contributed by atoms with Crippen molar-refractivity contribution in [2.24, 2.45) is 5.73 Å².